The van der Waals surface area contributed by atoms with Crippen LogP contribution in [0.2, 0.25) is 0 Å². The van der Waals surface area contributed by atoms with Crippen molar-refractivity contribution in [3.05, 3.63) is 41.0 Å². The zero-order valence-corrected chi connectivity index (χ0v) is 12.9. The van der Waals surface area contributed by atoms with Crippen LogP contribution in [0.15, 0.2) is 29.8 Å². The molecule has 1 rings (SSSR count). The quantitative estimate of drug-likeness (QED) is 0.804. The molecule has 19 heavy (non-hydrogen) atoms. The lowest BCUT2D eigenvalue weighted by atomic mass is 9.99. The lowest BCUT2D eigenvalue weighted by molar-refractivity contribution is 0.185. The molecule has 0 heterocycles. The highest BCUT2D eigenvalue weighted by atomic mass is 16.5. The Morgan fingerprint density at radius 2 is 1.79 bits per heavy atom. The maximum absolute atomic E-state index is 5.13. The molecule has 0 bridgehead atoms. The number of methoxy groups -OCH3 is 1. The van der Waals surface area contributed by atoms with E-state index < -0.39 is 0 Å². The molecule has 0 aromatic heterocycles. The first-order valence-electron chi connectivity index (χ1n) is 7.04. The van der Waals surface area contributed by atoms with Crippen molar-refractivity contribution in [1.82, 2.24) is 5.32 Å². The van der Waals surface area contributed by atoms with Gasteiger partial charge in [0.05, 0.1) is 6.61 Å². The van der Waals surface area contributed by atoms with E-state index in [1.807, 2.05) is 0 Å². The van der Waals surface area contributed by atoms with Gasteiger partial charge in [-0.05, 0) is 17.0 Å². The topological polar surface area (TPSA) is 21.3 Å². The van der Waals surface area contributed by atoms with Crippen LogP contribution in [0.4, 0.5) is 0 Å². The molecule has 0 radical (unpaired) electrons. The summed E-state index contributed by atoms with van der Waals surface area (Å²) in [5, 5.41) is 3.49. The van der Waals surface area contributed by atoms with E-state index in [1.165, 1.54) is 16.7 Å². The highest BCUT2D eigenvalue weighted by Gasteiger charge is 2.04. The van der Waals surface area contributed by atoms with Crippen LogP contribution in [0.25, 0.3) is 6.08 Å². The monoisotopic (exact) mass is 261 g/mol. The molecule has 1 aromatic carbocycles. The first-order valence-corrected chi connectivity index (χ1v) is 7.04. The normalized spacial score (nSPS) is 12.5. The van der Waals surface area contributed by atoms with Crippen molar-refractivity contribution in [2.75, 3.05) is 13.7 Å². The van der Waals surface area contributed by atoms with Gasteiger partial charge in [-0.1, -0.05) is 63.6 Å². The van der Waals surface area contributed by atoms with Gasteiger partial charge in [0, 0.05) is 19.7 Å². The Hall–Kier alpha value is -1.12. The van der Waals surface area contributed by atoms with Crippen LogP contribution in [0.1, 0.15) is 38.8 Å². The molecule has 0 amide bonds. The molecule has 0 aliphatic rings. The van der Waals surface area contributed by atoms with Gasteiger partial charge >= 0.3 is 0 Å². The number of ether oxygens (including phenoxy) is 1. The van der Waals surface area contributed by atoms with Crippen molar-refractivity contribution in [2.24, 2.45) is 5.92 Å². The molecule has 0 saturated carbocycles. The summed E-state index contributed by atoms with van der Waals surface area (Å²) < 4.78 is 5.13. The summed E-state index contributed by atoms with van der Waals surface area (Å²) in [4.78, 5) is 0. The largest absolute Gasteiger partial charge is 0.380 e. The van der Waals surface area contributed by atoms with E-state index in [9.17, 15) is 0 Å². The zero-order valence-electron chi connectivity index (χ0n) is 12.9. The summed E-state index contributed by atoms with van der Waals surface area (Å²) in [6.07, 6.45) is 2.29. The smallest absolute Gasteiger partial charge is 0.0713 e. The van der Waals surface area contributed by atoms with Crippen molar-refractivity contribution >= 4 is 6.08 Å². The molecule has 0 saturated heterocycles. The van der Waals surface area contributed by atoms with E-state index in [0.29, 0.717) is 18.6 Å². The summed E-state index contributed by atoms with van der Waals surface area (Å²) in [6.45, 7) is 10.5. The van der Waals surface area contributed by atoms with E-state index in [2.05, 4.69) is 63.4 Å². The van der Waals surface area contributed by atoms with Crippen molar-refractivity contribution in [2.45, 2.75) is 40.3 Å². The van der Waals surface area contributed by atoms with Gasteiger partial charge < -0.3 is 10.1 Å². The van der Waals surface area contributed by atoms with Crippen molar-refractivity contribution in [3.63, 3.8) is 0 Å². The summed E-state index contributed by atoms with van der Waals surface area (Å²) in [5.41, 5.74) is 3.91. The van der Waals surface area contributed by atoms with Crippen LogP contribution in [0.3, 0.4) is 0 Å². The van der Waals surface area contributed by atoms with Crippen molar-refractivity contribution in [1.29, 1.82) is 0 Å². The predicted octanol–water partition coefficient (Wildman–Crippen LogP) is 3.87. The summed E-state index contributed by atoms with van der Waals surface area (Å²) in [7, 11) is 1.72. The SMILES string of the molecule is COCc1ccc(C=C(CNC(C)C)C(C)C)cc1. The second kappa shape index (κ2) is 8.13. The maximum atomic E-state index is 5.13. The average Bonchev–Trinajstić information content (AvgIpc) is 2.36. The van der Waals surface area contributed by atoms with Gasteiger partial charge in [-0.15, -0.1) is 0 Å². The number of rotatable bonds is 7. The van der Waals surface area contributed by atoms with E-state index in [1.54, 1.807) is 7.11 Å². The van der Waals surface area contributed by atoms with Crippen LogP contribution >= 0.6 is 0 Å². The third-order valence-corrected chi connectivity index (χ3v) is 3.10. The summed E-state index contributed by atoms with van der Waals surface area (Å²) in [5.74, 6) is 0.560. The number of hydrogen-bond acceptors (Lipinski definition) is 2. The van der Waals surface area contributed by atoms with Gasteiger partial charge in [-0.2, -0.15) is 0 Å². The van der Waals surface area contributed by atoms with Gasteiger partial charge in [0.15, 0.2) is 0 Å². The second-order valence-corrected chi connectivity index (χ2v) is 5.58. The number of benzene rings is 1. The average molecular weight is 261 g/mol. The number of hydrogen-bond donors (Lipinski definition) is 1. The molecule has 1 aromatic rings. The Morgan fingerprint density at radius 1 is 1.16 bits per heavy atom. The lowest BCUT2D eigenvalue weighted by Crippen LogP contribution is -2.26. The minimum atomic E-state index is 0.520. The predicted molar refractivity (Wildman–Crippen MR) is 83.1 cm³/mol. The van der Waals surface area contributed by atoms with Crippen LogP contribution in [0.5, 0.6) is 0 Å². The Bertz CT molecular complexity index is 390. The second-order valence-electron chi connectivity index (χ2n) is 5.58. The Morgan fingerprint density at radius 3 is 2.26 bits per heavy atom. The molecule has 0 spiro atoms. The minimum absolute atomic E-state index is 0.520. The minimum Gasteiger partial charge on any atom is -0.380 e. The van der Waals surface area contributed by atoms with Gasteiger partial charge in [-0.3, -0.25) is 0 Å². The van der Waals surface area contributed by atoms with Crippen molar-refractivity contribution in [3.8, 4) is 0 Å². The first kappa shape index (κ1) is 15.9. The molecule has 0 unspecified atom stereocenters. The molecule has 0 fully saturated rings. The third kappa shape index (κ3) is 6.04. The van der Waals surface area contributed by atoms with E-state index >= 15 is 0 Å². The highest BCUT2D eigenvalue weighted by Crippen LogP contribution is 2.15. The molecule has 0 aliphatic heterocycles. The van der Waals surface area contributed by atoms with Crippen LogP contribution < -0.4 is 5.32 Å². The molecule has 2 nitrogen and oxygen atoms in total. The molecule has 0 atom stereocenters. The number of nitrogens with one attached hydrogen (secondary N) is 1. The fourth-order valence-electron chi connectivity index (χ4n) is 1.83. The summed E-state index contributed by atoms with van der Waals surface area (Å²) in [6, 6.07) is 9.09. The molecular formula is C17H27NO. The van der Waals surface area contributed by atoms with E-state index in [-0.39, 0.29) is 0 Å². The van der Waals surface area contributed by atoms with Crippen LogP contribution in [-0.2, 0) is 11.3 Å². The van der Waals surface area contributed by atoms with Crippen LogP contribution in [0, 0.1) is 5.92 Å². The van der Waals surface area contributed by atoms with Crippen molar-refractivity contribution < 1.29 is 4.74 Å². The Labute approximate surface area is 117 Å². The molecule has 1 N–H and O–H groups in total. The molecule has 2 heteroatoms. The Balaban J connectivity index is 2.77. The van der Waals surface area contributed by atoms with Gasteiger partial charge in [0.25, 0.3) is 0 Å². The Kier molecular flexibility index (Phi) is 6.82. The molecule has 0 aliphatic carbocycles. The molecule has 106 valence electrons. The third-order valence-electron chi connectivity index (χ3n) is 3.10. The van der Waals surface area contributed by atoms with Gasteiger partial charge in [-0.25, -0.2) is 0 Å². The summed E-state index contributed by atoms with van der Waals surface area (Å²) >= 11 is 0. The fraction of sp³-hybridized carbons (Fsp3) is 0.529. The maximum Gasteiger partial charge on any atom is 0.0713 e. The first-order chi connectivity index (χ1) is 9.02. The van der Waals surface area contributed by atoms with E-state index in [4.69, 9.17) is 4.74 Å². The lowest BCUT2D eigenvalue weighted by Gasteiger charge is -2.15. The van der Waals surface area contributed by atoms with Gasteiger partial charge in [0.2, 0.25) is 0 Å². The standard InChI is InChI=1S/C17H27NO/c1-13(2)17(11-18-14(3)4)10-15-6-8-16(9-7-15)12-19-5/h6-10,13-14,18H,11-12H2,1-5H3. The highest BCUT2D eigenvalue weighted by molar-refractivity contribution is 5.54. The zero-order chi connectivity index (χ0) is 14.3. The van der Waals surface area contributed by atoms with Crippen LogP contribution in [-0.4, -0.2) is 19.7 Å². The van der Waals surface area contributed by atoms with E-state index in [0.717, 1.165) is 6.54 Å². The molecular weight excluding hydrogens is 234 g/mol. The fourth-order valence-corrected chi connectivity index (χ4v) is 1.83. The van der Waals surface area contributed by atoms with Gasteiger partial charge in [0.1, 0.15) is 0 Å².